The van der Waals surface area contributed by atoms with Crippen LogP contribution in [-0.4, -0.2) is 63.1 Å². The van der Waals surface area contributed by atoms with Crippen molar-refractivity contribution < 1.29 is 29.1 Å². The summed E-state index contributed by atoms with van der Waals surface area (Å²) in [5.74, 6) is -3.03. The SMILES string of the molecule is CC(C)CC(NC(=O)C(Br)CCN1C(=O)c2ccccc2C1=O)C(=O)N[C@@H](Cc1ccccc1)C(=O)O. The van der Waals surface area contributed by atoms with E-state index in [1.54, 1.807) is 48.5 Å². The average molecular weight is 572 g/mol. The molecule has 3 N–H and O–H groups in total. The quantitative estimate of drug-likeness (QED) is 0.265. The number of benzene rings is 2. The van der Waals surface area contributed by atoms with E-state index in [2.05, 4.69) is 26.6 Å². The van der Waals surface area contributed by atoms with Crippen molar-refractivity contribution in [3.63, 3.8) is 0 Å². The molecule has 10 heteroatoms. The number of carbonyl (C=O) groups excluding carboxylic acids is 4. The summed E-state index contributed by atoms with van der Waals surface area (Å²) in [5.41, 5.74) is 1.42. The second-order valence-electron chi connectivity index (χ2n) is 9.34. The molecule has 37 heavy (non-hydrogen) atoms. The van der Waals surface area contributed by atoms with Crippen LogP contribution >= 0.6 is 15.9 Å². The van der Waals surface area contributed by atoms with E-state index in [1.807, 2.05) is 19.9 Å². The van der Waals surface area contributed by atoms with E-state index in [1.165, 1.54) is 0 Å². The first-order chi connectivity index (χ1) is 17.6. The van der Waals surface area contributed by atoms with E-state index in [0.29, 0.717) is 17.5 Å². The van der Waals surface area contributed by atoms with Crippen LogP contribution in [-0.2, 0) is 20.8 Å². The number of carboxylic acids is 1. The van der Waals surface area contributed by atoms with Gasteiger partial charge in [-0.15, -0.1) is 0 Å². The molecular weight excluding hydrogens is 542 g/mol. The number of nitrogens with one attached hydrogen (secondary N) is 2. The molecule has 0 radical (unpaired) electrons. The summed E-state index contributed by atoms with van der Waals surface area (Å²) in [6.45, 7) is 3.80. The van der Waals surface area contributed by atoms with Crippen molar-refractivity contribution in [3.05, 3.63) is 71.3 Å². The number of aliphatic carboxylic acids is 1. The van der Waals surface area contributed by atoms with Crippen LogP contribution < -0.4 is 10.6 Å². The molecule has 0 aromatic heterocycles. The van der Waals surface area contributed by atoms with Gasteiger partial charge in [0.15, 0.2) is 0 Å². The van der Waals surface area contributed by atoms with Crippen molar-refractivity contribution in [1.82, 2.24) is 15.5 Å². The van der Waals surface area contributed by atoms with E-state index in [0.717, 1.165) is 10.5 Å². The summed E-state index contributed by atoms with van der Waals surface area (Å²) in [6.07, 6.45) is 0.540. The third-order valence-electron chi connectivity index (χ3n) is 6.01. The zero-order valence-electron chi connectivity index (χ0n) is 20.6. The fraction of sp³-hybridized carbons (Fsp3) is 0.370. The van der Waals surface area contributed by atoms with Gasteiger partial charge in [0.2, 0.25) is 11.8 Å². The maximum Gasteiger partial charge on any atom is 0.326 e. The highest BCUT2D eigenvalue weighted by Gasteiger charge is 2.36. The molecular formula is C27H30BrN3O6. The van der Waals surface area contributed by atoms with Crippen molar-refractivity contribution in [1.29, 1.82) is 0 Å². The Morgan fingerprint density at radius 2 is 1.41 bits per heavy atom. The van der Waals surface area contributed by atoms with Crippen LogP contribution in [0.5, 0.6) is 0 Å². The smallest absolute Gasteiger partial charge is 0.326 e. The van der Waals surface area contributed by atoms with Crippen molar-refractivity contribution >= 4 is 45.5 Å². The van der Waals surface area contributed by atoms with Crippen molar-refractivity contribution in [2.24, 2.45) is 5.92 Å². The molecule has 0 aliphatic carbocycles. The van der Waals surface area contributed by atoms with Crippen molar-refractivity contribution in [3.8, 4) is 0 Å². The number of fused-ring (bicyclic) bond motifs is 1. The van der Waals surface area contributed by atoms with Crippen molar-refractivity contribution in [2.45, 2.75) is 50.0 Å². The van der Waals surface area contributed by atoms with Crippen molar-refractivity contribution in [2.75, 3.05) is 6.54 Å². The predicted molar refractivity (Wildman–Crippen MR) is 140 cm³/mol. The lowest BCUT2D eigenvalue weighted by Gasteiger charge is -2.24. The van der Waals surface area contributed by atoms with Gasteiger partial charge in [-0.3, -0.25) is 24.1 Å². The first kappa shape index (κ1) is 28.0. The first-order valence-corrected chi connectivity index (χ1v) is 13.0. The lowest BCUT2D eigenvalue weighted by Crippen LogP contribution is -2.53. The molecule has 2 aromatic rings. The van der Waals surface area contributed by atoms with Crippen LogP contribution in [0.1, 0.15) is 53.0 Å². The topological polar surface area (TPSA) is 133 Å². The third kappa shape index (κ3) is 7.25. The fourth-order valence-electron chi connectivity index (χ4n) is 4.10. The number of nitrogens with zero attached hydrogens (tertiary/aromatic N) is 1. The molecule has 0 fully saturated rings. The van der Waals surface area contributed by atoms with Gasteiger partial charge in [-0.1, -0.05) is 72.2 Å². The van der Waals surface area contributed by atoms with Gasteiger partial charge in [0.25, 0.3) is 11.8 Å². The van der Waals surface area contributed by atoms with Gasteiger partial charge in [0.05, 0.1) is 16.0 Å². The Kier molecular flexibility index (Phi) is 9.57. The molecule has 0 saturated carbocycles. The Bertz CT molecular complexity index is 1130. The Morgan fingerprint density at radius 1 is 0.865 bits per heavy atom. The second kappa shape index (κ2) is 12.6. The standard InChI is InChI=1S/C27H30BrN3O6/c1-16(2)14-21(24(33)30-22(27(36)37)15-17-8-4-3-5-9-17)29-23(32)20(28)12-13-31-25(34)18-10-6-7-11-19(18)26(31)35/h3-11,16,20-22H,12-15H2,1-2H3,(H,29,32)(H,30,33)(H,36,37)/t20?,21?,22-/m0/s1. The number of hydrogen-bond acceptors (Lipinski definition) is 5. The Balaban J connectivity index is 1.60. The highest BCUT2D eigenvalue weighted by molar-refractivity contribution is 9.10. The molecule has 1 aliphatic heterocycles. The molecule has 0 spiro atoms. The van der Waals surface area contributed by atoms with Crippen LogP contribution in [0.2, 0.25) is 0 Å². The number of imide groups is 1. The molecule has 1 heterocycles. The van der Waals surface area contributed by atoms with Gasteiger partial charge < -0.3 is 15.7 Å². The Labute approximate surface area is 223 Å². The van der Waals surface area contributed by atoms with Crippen LogP contribution in [0.4, 0.5) is 0 Å². The van der Waals surface area contributed by atoms with Gasteiger partial charge in [-0.25, -0.2) is 4.79 Å². The largest absolute Gasteiger partial charge is 0.480 e. The molecule has 0 saturated heterocycles. The fourth-order valence-corrected chi connectivity index (χ4v) is 4.44. The lowest BCUT2D eigenvalue weighted by molar-refractivity contribution is -0.142. The summed E-state index contributed by atoms with van der Waals surface area (Å²) in [4.78, 5) is 63.1. The lowest BCUT2D eigenvalue weighted by atomic mass is 10.0. The summed E-state index contributed by atoms with van der Waals surface area (Å²) >= 11 is 3.30. The monoisotopic (exact) mass is 571 g/mol. The number of carboxylic acid groups (broad SMARTS) is 1. The van der Waals surface area contributed by atoms with Crippen LogP contribution in [0, 0.1) is 5.92 Å². The molecule has 4 amide bonds. The summed E-state index contributed by atoms with van der Waals surface area (Å²) in [6, 6.07) is 13.4. The van der Waals surface area contributed by atoms with Crippen LogP contribution in [0.15, 0.2) is 54.6 Å². The van der Waals surface area contributed by atoms with Crippen LogP contribution in [0.25, 0.3) is 0 Å². The zero-order chi connectivity index (χ0) is 27.1. The number of amides is 4. The van der Waals surface area contributed by atoms with E-state index in [4.69, 9.17) is 0 Å². The zero-order valence-corrected chi connectivity index (χ0v) is 22.2. The summed E-state index contributed by atoms with van der Waals surface area (Å²) < 4.78 is 0. The minimum Gasteiger partial charge on any atom is -0.480 e. The number of alkyl halides is 1. The Hall–Kier alpha value is -3.53. The van der Waals surface area contributed by atoms with E-state index >= 15 is 0 Å². The predicted octanol–water partition coefficient (Wildman–Crippen LogP) is 2.78. The molecule has 0 bridgehead atoms. The number of rotatable bonds is 12. The van der Waals surface area contributed by atoms with E-state index in [9.17, 15) is 29.1 Å². The molecule has 3 atom stereocenters. The molecule has 9 nitrogen and oxygen atoms in total. The minimum atomic E-state index is -1.17. The van der Waals surface area contributed by atoms with Gasteiger partial charge in [-0.2, -0.15) is 0 Å². The number of carbonyl (C=O) groups is 5. The maximum absolute atomic E-state index is 13.0. The van der Waals surface area contributed by atoms with Crippen LogP contribution in [0.3, 0.4) is 0 Å². The summed E-state index contributed by atoms with van der Waals surface area (Å²) in [7, 11) is 0. The molecule has 196 valence electrons. The Morgan fingerprint density at radius 3 is 1.95 bits per heavy atom. The highest BCUT2D eigenvalue weighted by atomic mass is 79.9. The minimum absolute atomic E-state index is 0.0227. The third-order valence-corrected chi connectivity index (χ3v) is 6.88. The number of hydrogen-bond donors (Lipinski definition) is 3. The maximum atomic E-state index is 13.0. The second-order valence-corrected chi connectivity index (χ2v) is 10.4. The van der Waals surface area contributed by atoms with Gasteiger partial charge >= 0.3 is 5.97 Å². The van der Waals surface area contributed by atoms with Gasteiger partial charge in [0, 0.05) is 13.0 Å². The number of halogens is 1. The molecule has 2 unspecified atom stereocenters. The first-order valence-electron chi connectivity index (χ1n) is 12.0. The van der Waals surface area contributed by atoms with Gasteiger partial charge in [0.1, 0.15) is 12.1 Å². The van der Waals surface area contributed by atoms with E-state index < -0.39 is 46.5 Å². The molecule has 3 rings (SSSR count). The average Bonchev–Trinajstić information content (AvgIpc) is 3.11. The summed E-state index contributed by atoms with van der Waals surface area (Å²) in [5, 5.41) is 14.9. The molecule has 1 aliphatic rings. The molecule has 2 aromatic carbocycles. The highest BCUT2D eigenvalue weighted by Crippen LogP contribution is 2.23. The van der Waals surface area contributed by atoms with E-state index in [-0.39, 0.29) is 25.3 Å². The normalized spacial score (nSPS) is 15.2. The van der Waals surface area contributed by atoms with Gasteiger partial charge in [-0.05, 0) is 36.5 Å².